The fraction of sp³-hybridized carbons (Fsp3) is 0.545. The molecule has 1 amide bonds. The first-order valence-corrected chi connectivity index (χ1v) is 9.86. The second kappa shape index (κ2) is 7.15. The van der Waals surface area contributed by atoms with Gasteiger partial charge in [-0.05, 0) is 68.3 Å². The van der Waals surface area contributed by atoms with E-state index in [1.165, 1.54) is 44.1 Å². The zero-order valence-corrected chi connectivity index (χ0v) is 15.2. The van der Waals surface area contributed by atoms with E-state index >= 15 is 0 Å². The maximum Gasteiger partial charge on any atom is 0.263 e. The molecule has 0 aliphatic heterocycles. The molecular formula is C22H27N3O. The van der Waals surface area contributed by atoms with Crippen molar-refractivity contribution in [2.75, 3.05) is 6.54 Å². The smallest absolute Gasteiger partial charge is 0.263 e. The number of nitrogens with one attached hydrogen (secondary N) is 2. The molecule has 4 aliphatic rings. The first kappa shape index (κ1) is 17.1. The molecule has 0 spiro atoms. The van der Waals surface area contributed by atoms with E-state index in [4.69, 9.17) is 0 Å². The van der Waals surface area contributed by atoms with E-state index in [9.17, 15) is 10.1 Å². The van der Waals surface area contributed by atoms with Crippen molar-refractivity contribution >= 4 is 5.91 Å². The van der Waals surface area contributed by atoms with Crippen molar-refractivity contribution in [2.45, 2.75) is 50.5 Å². The molecule has 26 heavy (non-hydrogen) atoms. The normalized spacial score (nSPS) is 32.1. The minimum Gasteiger partial charge on any atom is -0.384 e. The molecule has 4 saturated carbocycles. The molecule has 4 nitrogen and oxygen atoms in total. The second-order valence-corrected chi connectivity index (χ2v) is 8.50. The van der Waals surface area contributed by atoms with Crippen LogP contribution in [0.5, 0.6) is 0 Å². The Labute approximate surface area is 155 Å². The molecule has 4 aliphatic carbocycles. The Kier molecular flexibility index (Phi) is 4.72. The fourth-order valence-electron chi connectivity index (χ4n) is 5.72. The van der Waals surface area contributed by atoms with Crippen LogP contribution in [0.2, 0.25) is 0 Å². The van der Waals surface area contributed by atoms with Gasteiger partial charge in [0.15, 0.2) is 0 Å². The Bertz CT molecular complexity index is 696. The predicted octanol–water partition coefficient (Wildman–Crippen LogP) is 3.31. The lowest BCUT2D eigenvalue weighted by molar-refractivity contribution is -0.117. The number of nitrogens with zero attached hydrogens (tertiary/aromatic N) is 1. The number of hydrogen-bond donors (Lipinski definition) is 2. The molecule has 0 heterocycles. The minimum absolute atomic E-state index is 0.126. The van der Waals surface area contributed by atoms with E-state index in [-0.39, 0.29) is 17.0 Å². The van der Waals surface area contributed by atoms with E-state index in [1.54, 1.807) is 6.20 Å². The molecule has 1 aromatic carbocycles. The summed E-state index contributed by atoms with van der Waals surface area (Å²) < 4.78 is 0. The van der Waals surface area contributed by atoms with Gasteiger partial charge in [0, 0.05) is 18.3 Å². The van der Waals surface area contributed by atoms with Gasteiger partial charge in [-0.3, -0.25) is 4.79 Å². The van der Waals surface area contributed by atoms with E-state index < -0.39 is 0 Å². The molecule has 4 heteroatoms. The van der Waals surface area contributed by atoms with Crippen molar-refractivity contribution in [3.63, 3.8) is 0 Å². The van der Waals surface area contributed by atoms with Crippen LogP contribution < -0.4 is 10.6 Å². The average molecular weight is 349 g/mol. The van der Waals surface area contributed by atoms with Gasteiger partial charge in [-0.1, -0.05) is 30.3 Å². The van der Waals surface area contributed by atoms with Gasteiger partial charge in [0.2, 0.25) is 0 Å². The number of amides is 1. The number of carbonyl (C=O) groups is 1. The lowest BCUT2D eigenvalue weighted by atomic mass is 9.53. The largest absolute Gasteiger partial charge is 0.384 e. The van der Waals surface area contributed by atoms with E-state index in [0.29, 0.717) is 6.54 Å². The molecule has 4 bridgehead atoms. The van der Waals surface area contributed by atoms with Gasteiger partial charge in [-0.15, -0.1) is 0 Å². The maximum absolute atomic E-state index is 12.3. The highest BCUT2D eigenvalue weighted by Crippen LogP contribution is 2.55. The Balaban J connectivity index is 1.33. The van der Waals surface area contributed by atoms with Crippen molar-refractivity contribution in [3.05, 3.63) is 47.7 Å². The average Bonchev–Trinajstić information content (AvgIpc) is 2.62. The molecule has 0 saturated heterocycles. The first-order chi connectivity index (χ1) is 12.7. The van der Waals surface area contributed by atoms with Crippen molar-refractivity contribution < 1.29 is 4.79 Å². The monoisotopic (exact) mass is 349 g/mol. The van der Waals surface area contributed by atoms with Crippen LogP contribution in [0, 0.1) is 29.1 Å². The Morgan fingerprint density at radius 2 is 1.73 bits per heavy atom. The summed E-state index contributed by atoms with van der Waals surface area (Å²) in [5.41, 5.74) is 1.50. The summed E-state index contributed by atoms with van der Waals surface area (Å²) in [7, 11) is 0. The van der Waals surface area contributed by atoms with Crippen LogP contribution in [-0.4, -0.2) is 18.0 Å². The number of benzene rings is 1. The number of rotatable bonds is 6. The SMILES string of the molecule is N#C/C(=C/NC12CC3CC(CC(C3)C1)C2)C(=O)NCCc1ccccc1. The quantitative estimate of drug-likeness (QED) is 0.612. The molecule has 2 N–H and O–H groups in total. The topological polar surface area (TPSA) is 64.9 Å². The van der Waals surface area contributed by atoms with Crippen LogP contribution in [-0.2, 0) is 11.2 Å². The summed E-state index contributed by atoms with van der Waals surface area (Å²) in [5, 5.41) is 15.8. The zero-order chi connectivity index (χ0) is 18.0. The summed E-state index contributed by atoms with van der Waals surface area (Å²) in [5.74, 6) is 2.24. The van der Waals surface area contributed by atoms with Gasteiger partial charge < -0.3 is 10.6 Å². The predicted molar refractivity (Wildman–Crippen MR) is 101 cm³/mol. The number of hydrogen-bond acceptors (Lipinski definition) is 3. The Morgan fingerprint density at radius 1 is 1.12 bits per heavy atom. The van der Waals surface area contributed by atoms with Crippen LogP contribution in [0.4, 0.5) is 0 Å². The van der Waals surface area contributed by atoms with Crippen LogP contribution >= 0.6 is 0 Å². The van der Waals surface area contributed by atoms with Crippen molar-refractivity contribution in [1.82, 2.24) is 10.6 Å². The summed E-state index contributed by atoms with van der Waals surface area (Å²) in [6, 6.07) is 12.1. The summed E-state index contributed by atoms with van der Waals surface area (Å²) in [4.78, 5) is 12.3. The molecule has 0 atom stereocenters. The molecule has 0 aromatic heterocycles. The molecule has 5 rings (SSSR count). The van der Waals surface area contributed by atoms with Gasteiger partial charge in [0.25, 0.3) is 5.91 Å². The molecule has 0 radical (unpaired) electrons. The van der Waals surface area contributed by atoms with Gasteiger partial charge in [-0.25, -0.2) is 0 Å². The number of nitriles is 1. The van der Waals surface area contributed by atoms with Crippen molar-refractivity contribution in [2.24, 2.45) is 17.8 Å². The minimum atomic E-state index is -0.277. The van der Waals surface area contributed by atoms with Crippen LogP contribution in [0.3, 0.4) is 0 Å². The first-order valence-electron chi connectivity index (χ1n) is 9.86. The summed E-state index contributed by atoms with van der Waals surface area (Å²) in [6.45, 7) is 0.541. The molecule has 0 unspecified atom stereocenters. The Hall–Kier alpha value is -2.28. The highest BCUT2D eigenvalue weighted by Gasteiger charge is 2.50. The zero-order valence-electron chi connectivity index (χ0n) is 15.2. The van der Waals surface area contributed by atoms with Gasteiger partial charge >= 0.3 is 0 Å². The van der Waals surface area contributed by atoms with E-state index in [0.717, 1.165) is 24.2 Å². The summed E-state index contributed by atoms with van der Waals surface area (Å²) >= 11 is 0. The van der Waals surface area contributed by atoms with Crippen LogP contribution in [0.1, 0.15) is 44.1 Å². The summed E-state index contributed by atoms with van der Waals surface area (Å²) in [6.07, 6.45) is 10.2. The van der Waals surface area contributed by atoms with Gasteiger partial charge in [-0.2, -0.15) is 5.26 Å². The lowest BCUT2D eigenvalue weighted by Crippen LogP contribution is -2.57. The van der Waals surface area contributed by atoms with Crippen molar-refractivity contribution in [1.29, 1.82) is 5.26 Å². The molecular weight excluding hydrogens is 322 g/mol. The third-order valence-electron chi connectivity index (χ3n) is 6.47. The molecule has 136 valence electrons. The highest BCUT2D eigenvalue weighted by molar-refractivity contribution is 5.97. The van der Waals surface area contributed by atoms with E-state index in [1.807, 2.05) is 30.3 Å². The molecule has 4 fully saturated rings. The maximum atomic E-state index is 12.3. The van der Waals surface area contributed by atoms with E-state index in [2.05, 4.69) is 16.7 Å². The molecule has 1 aromatic rings. The third kappa shape index (κ3) is 3.62. The van der Waals surface area contributed by atoms with Crippen LogP contribution in [0.15, 0.2) is 42.1 Å². The highest BCUT2D eigenvalue weighted by atomic mass is 16.1. The second-order valence-electron chi connectivity index (χ2n) is 8.50. The fourth-order valence-corrected chi connectivity index (χ4v) is 5.72. The Morgan fingerprint density at radius 3 is 2.31 bits per heavy atom. The van der Waals surface area contributed by atoms with Crippen molar-refractivity contribution in [3.8, 4) is 6.07 Å². The number of carbonyl (C=O) groups excluding carboxylic acids is 1. The van der Waals surface area contributed by atoms with Gasteiger partial charge in [0.1, 0.15) is 11.6 Å². The van der Waals surface area contributed by atoms with Crippen LogP contribution in [0.25, 0.3) is 0 Å². The lowest BCUT2D eigenvalue weighted by Gasteiger charge is -2.56. The van der Waals surface area contributed by atoms with Gasteiger partial charge in [0.05, 0.1) is 0 Å². The third-order valence-corrected chi connectivity index (χ3v) is 6.47. The standard InChI is InChI=1S/C22H27N3O/c23-14-20(21(26)24-7-6-16-4-2-1-3-5-16)15-25-22-11-17-8-18(12-22)10-19(9-17)13-22/h1-5,15,17-19,25H,6-13H2,(H,24,26)/b20-15-.